The molecule has 1 fully saturated rings. The number of hydrogen-bond acceptors (Lipinski definition) is 3. The Morgan fingerprint density at radius 2 is 2.15 bits per heavy atom. The van der Waals surface area contributed by atoms with Gasteiger partial charge in [-0.15, -0.1) is 11.8 Å². The maximum Gasteiger partial charge on any atom is 0.0655 e. The zero-order valence-corrected chi connectivity index (χ0v) is 13.5. The van der Waals surface area contributed by atoms with Crippen LogP contribution in [0, 0.1) is 5.41 Å². The average molecular weight is 291 g/mol. The van der Waals surface area contributed by atoms with Crippen molar-refractivity contribution in [2.45, 2.75) is 55.9 Å². The molecule has 1 heterocycles. The Kier molecular flexibility index (Phi) is 4.11. The number of rotatable bonds is 5. The largest absolute Gasteiger partial charge is 0.378 e. The van der Waals surface area contributed by atoms with Gasteiger partial charge in [0.15, 0.2) is 0 Å². The SMILES string of the molecule is CCOC1CC(NCC2Cc3ccccc3S2)C1(C)C. The predicted octanol–water partition coefficient (Wildman–Crippen LogP) is 3.50. The first-order chi connectivity index (χ1) is 9.61. The minimum atomic E-state index is 0.270. The second-order valence-corrected chi connectivity index (χ2v) is 7.86. The molecule has 0 bridgehead atoms. The Bertz CT molecular complexity index is 449. The van der Waals surface area contributed by atoms with Crippen LogP contribution in [-0.2, 0) is 11.2 Å². The van der Waals surface area contributed by atoms with Gasteiger partial charge in [-0.2, -0.15) is 0 Å². The average Bonchev–Trinajstić information content (AvgIpc) is 2.84. The van der Waals surface area contributed by atoms with E-state index in [9.17, 15) is 0 Å². The Morgan fingerprint density at radius 3 is 2.85 bits per heavy atom. The van der Waals surface area contributed by atoms with Crippen LogP contribution in [0.3, 0.4) is 0 Å². The third-order valence-corrected chi connectivity index (χ3v) is 6.17. The van der Waals surface area contributed by atoms with Crippen molar-refractivity contribution in [3.05, 3.63) is 29.8 Å². The molecular weight excluding hydrogens is 266 g/mol. The van der Waals surface area contributed by atoms with Crippen LogP contribution in [0.5, 0.6) is 0 Å². The van der Waals surface area contributed by atoms with Crippen LogP contribution in [0.15, 0.2) is 29.2 Å². The van der Waals surface area contributed by atoms with E-state index in [-0.39, 0.29) is 5.41 Å². The van der Waals surface area contributed by atoms with E-state index in [1.54, 1.807) is 0 Å². The standard InChI is InChI=1S/C17H25NOS/c1-4-19-16-10-15(17(16,2)3)18-11-13-9-12-7-5-6-8-14(12)20-13/h5-8,13,15-16,18H,4,9-11H2,1-3H3. The quantitative estimate of drug-likeness (QED) is 0.897. The molecule has 1 aromatic rings. The van der Waals surface area contributed by atoms with Gasteiger partial charge in [-0.05, 0) is 31.4 Å². The fraction of sp³-hybridized carbons (Fsp3) is 0.647. The van der Waals surface area contributed by atoms with Crippen LogP contribution < -0.4 is 5.32 Å². The number of hydrogen-bond donors (Lipinski definition) is 1. The summed E-state index contributed by atoms with van der Waals surface area (Å²) in [6.45, 7) is 8.67. The van der Waals surface area contributed by atoms with Crippen molar-refractivity contribution < 1.29 is 4.74 Å². The highest BCUT2D eigenvalue weighted by molar-refractivity contribution is 8.00. The lowest BCUT2D eigenvalue weighted by molar-refractivity contribution is -0.113. The molecule has 0 aromatic heterocycles. The normalized spacial score (nSPS) is 30.9. The first-order valence-corrected chi connectivity index (χ1v) is 8.58. The minimum Gasteiger partial charge on any atom is -0.378 e. The van der Waals surface area contributed by atoms with Crippen molar-refractivity contribution in [1.82, 2.24) is 5.32 Å². The van der Waals surface area contributed by atoms with Crippen LogP contribution in [0.25, 0.3) is 0 Å². The summed E-state index contributed by atoms with van der Waals surface area (Å²) in [5.74, 6) is 0. The van der Waals surface area contributed by atoms with E-state index < -0.39 is 0 Å². The summed E-state index contributed by atoms with van der Waals surface area (Å²) in [7, 11) is 0. The fourth-order valence-corrected chi connectivity index (χ4v) is 4.62. The van der Waals surface area contributed by atoms with Gasteiger partial charge in [-0.3, -0.25) is 0 Å². The van der Waals surface area contributed by atoms with Crippen LogP contribution >= 0.6 is 11.8 Å². The first kappa shape index (κ1) is 14.4. The topological polar surface area (TPSA) is 21.3 Å². The van der Waals surface area contributed by atoms with E-state index >= 15 is 0 Å². The lowest BCUT2D eigenvalue weighted by atomic mass is 9.64. The van der Waals surface area contributed by atoms with Crippen molar-refractivity contribution in [3.63, 3.8) is 0 Å². The fourth-order valence-electron chi connectivity index (χ4n) is 3.36. The zero-order chi connectivity index (χ0) is 14.2. The molecule has 110 valence electrons. The third-order valence-electron chi connectivity index (χ3n) is 4.85. The summed E-state index contributed by atoms with van der Waals surface area (Å²) in [6, 6.07) is 9.41. The van der Waals surface area contributed by atoms with Gasteiger partial charge in [0.25, 0.3) is 0 Å². The lowest BCUT2D eigenvalue weighted by Crippen LogP contribution is -2.61. The van der Waals surface area contributed by atoms with Gasteiger partial charge < -0.3 is 10.1 Å². The molecule has 3 rings (SSSR count). The van der Waals surface area contributed by atoms with Gasteiger partial charge in [0, 0.05) is 34.8 Å². The van der Waals surface area contributed by atoms with Gasteiger partial charge >= 0.3 is 0 Å². The molecule has 0 saturated heterocycles. The number of nitrogens with one attached hydrogen (secondary N) is 1. The minimum absolute atomic E-state index is 0.270. The zero-order valence-electron chi connectivity index (χ0n) is 12.7. The molecule has 0 radical (unpaired) electrons. The summed E-state index contributed by atoms with van der Waals surface area (Å²) in [5.41, 5.74) is 1.79. The number of benzene rings is 1. The van der Waals surface area contributed by atoms with E-state index in [0.29, 0.717) is 17.4 Å². The highest BCUT2D eigenvalue weighted by atomic mass is 32.2. The molecule has 20 heavy (non-hydrogen) atoms. The maximum absolute atomic E-state index is 5.80. The molecule has 0 amide bonds. The monoisotopic (exact) mass is 291 g/mol. The second-order valence-electron chi connectivity index (χ2n) is 6.51. The van der Waals surface area contributed by atoms with Crippen LogP contribution in [0.4, 0.5) is 0 Å². The van der Waals surface area contributed by atoms with Crippen LogP contribution in [0.2, 0.25) is 0 Å². The number of ether oxygens (including phenoxy) is 1. The Balaban J connectivity index is 1.48. The van der Waals surface area contributed by atoms with E-state index in [1.165, 1.54) is 16.9 Å². The molecule has 2 nitrogen and oxygen atoms in total. The second kappa shape index (κ2) is 5.70. The summed E-state index contributed by atoms with van der Waals surface area (Å²) in [5, 5.41) is 4.46. The van der Waals surface area contributed by atoms with Gasteiger partial charge in [-0.1, -0.05) is 32.0 Å². The molecule has 2 aliphatic rings. The van der Waals surface area contributed by atoms with E-state index in [2.05, 4.69) is 50.4 Å². The van der Waals surface area contributed by atoms with Gasteiger partial charge in [0.1, 0.15) is 0 Å². The molecule has 1 aliphatic carbocycles. The Hall–Kier alpha value is -0.510. The molecule has 1 aliphatic heterocycles. The van der Waals surface area contributed by atoms with Crippen LogP contribution in [0.1, 0.15) is 32.8 Å². The van der Waals surface area contributed by atoms with Gasteiger partial charge in [-0.25, -0.2) is 0 Å². The van der Waals surface area contributed by atoms with E-state index in [4.69, 9.17) is 4.74 Å². The Labute approximate surface area is 126 Å². The smallest absolute Gasteiger partial charge is 0.0655 e. The predicted molar refractivity (Wildman–Crippen MR) is 85.4 cm³/mol. The highest BCUT2D eigenvalue weighted by Gasteiger charge is 2.48. The van der Waals surface area contributed by atoms with E-state index in [0.717, 1.165) is 19.6 Å². The Morgan fingerprint density at radius 1 is 1.35 bits per heavy atom. The molecule has 3 atom stereocenters. The van der Waals surface area contributed by atoms with Crippen molar-refractivity contribution in [1.29, 1.82) is 0 Å². The van der Waals surface area contributed by atoms with E-state index in [1.807, 2.05) is 11.8 Å². The highest BCUT2D eigenvalue weighted by Crippen LogP contribution is 2.43. The summed E-state index contributed by atoms with van der Waals surface area (Å²) < 4.78 is 5.80. The van der Waals surface area contributed by atoms with Crippen molar-refractivity contribution in [2.75, 3.05) is 13.2 Å². The third kappa shape index (κ3) is 2.63. The maximum atomic E-state index is 5.80. The molecule has 1 N–H and O–H groups in total. The summed E-state index contributed by atoms with van der Waals surface area (Å²) in [4.78, 5) is 1.47. The summed E-state index contributed by atoms with van der Waals surface area (Å²) in [6.07, 6.45) is 2.79. The molecule has 0 spiro atoms. The molecule has 3 unspecified atom stereocenters. The number of thioether (sulfide) groups is 1. The number of fused-ring (bicyclic) bond motifs is 1. The molecular formula is C17H25NOS. The van der Waals surface area contributed by atoms with Crippen molar-refractivity contribution in [2.24, 2.45) is 5.41 Å². The van der Waals surface area contributed by atoms with Gasteiger partial charge in [0.05, 0.1) is 6.10 Å². The molecule has 3 heteroatoms. The summed E-state index contributed by atoms with van der Waals surface area (Å²) >= 11 is 2.03. The van der Waals surface area contributed by atoms with Crippen molar-refractivity contribution >= 4 is 11.8 Å². The lowest BCUT2D eigenvalue weighted by Gasteiger charge is -2.52. The first-order valence-electron chi connectivity index (χ1n) is 7.70. The molecule has 1 saturated carbocycles. The van der Waals surface area contributed by atoms with Gasteiger partial charge in [0.2, 0.25) is 0 Å². The molecule has 1 aromatic carbocycles. The van der Waals surface area contributed by atoms with Crippen LogP contribution in [-0.4, -0.2) is 30.5 Å². The van der Waals surface area contributed by atoms with Crippen molar-refractivity contribution in [3.8, 4) is 0 Å².